The second kappa shape index (κ2) is 5.18. The van der Waals surface area contributed by atoms with E-state index in [4.69, 9.17) is 5.84 Å². The van der Waals surface area contributed by atoms with Gasteiger partial charge in [-0.2, -0.15) is 0 Å². The van der Waals surface area contributed by atoms with E-state index in [-0.39, 0.29) is 12.5 Å². The van der Waals surface area contributed by atoms with Gasteiger partial charge in [-0.25, -0.2) is 15.8 Å². The zero-order valence-electron chi connectivity index (χ0n) is 10.6. The minimum Gasteiger partial charge on any atom is -0.361 e. The molecule has 0 atom stereocenters. The van der Waals surface area contributed by atoms with Crippen LogP contribution >= 0.6 is 0 Å². The molecular weight excluding hydrogens is 232 g/mol. The van der Waals surface area contributed by atoms with E-state index in [0.29, 0.717) is 23.5 Å². The molecule has 18 heavy (non-hydrogen) atoms. The molecule has 0 aromatic carbocycles. The van der Waals surface area contributed by atoms with Crippen molar-refractivity contribution in [3.63, 3.8) is 0 Å². The molecule has 1 heterocycles. The van der Waals surface area contributed by atoms with E-state index in [2.05, 4.69) is 26.0 Å². The predicted octanol–water partition coefficient (Wildman–Crippen LogP) is 0.0695. The van der Waals surface area contributed by atoms with Crippen molar-refractivity contribution in [1.29, 1.82) is 0 Å². The van der Waals surface area contributed by atoms with Crippen LogP contribution in [0, 0.1) is 13.8 Å². The first-order valence-electron chi connectivity index (χ1n) is 5.95. The molecule has 0 aliphatic heterocycles. The Hall–Kier alpha value is -1.89. The topological polar surface area (TPSA) is 105 Å². The van der Waals surface area contributed by atoms with E-state index in [1.54, 1.807) is 6.92 Å². The van der Waals surface area contributed by atoms with Gasteiger partial charge in [-0.05, 0) is 26.7 Å². The largest absolute Gasteiger partial charge is 0.361 e. The molecular formula is C11H18N6O. The monoisotopic (exact) mass is 250 g/mol. The number of nitrogens with zero attached hydrogens (tertiary/aromatic N) is 2. The van der Waals surface area contributed by atoms with Gasteiger partial charge in [0.15, 0.2) is 0 Å². The second-order valence-corrected chi connectivity index (χ2v) is 4.43. The lowest BCUT2D eigenvalue weighted by molar-refractivity contribution is -0.119. The lowest BCUT2D eigenvalue weighted by Gasteiger charge is -2.12. The molecule has 0 radical (unpaired) electrons. The second-order valence-electron chi connectivity index (χ2n) is 4.43. The number of anilines is 2. The summed E-state index contributed by atoms with van der Waals surface area (Å²) in [6, 6.07) is 0.369. The van der Waals surface area contributed by atoms with Crippen molar-refractivity contribution < 1.29 is 4.79 Å². The molecule has 98 valence electrons. The first-order chi connectivity index (χ1) is 8.60. The molecule has 1 aliphatic rings. The summed E-state index contributed by atoms with van der Waals surface area (Å²) in [5.74, 6) is 7.14. The number of carbonyl (C=O) groups excluding carboxylic acids is 1. The molecule has 0 spiro atoms. The number of nitrogen functional groups attached to an aromatic ring is 1. The standard InChI is InChI=1S/C11H18N6O/c1-6-10(14-7(2)15-11(6)17-12)13-5-9(18)16-8-3-4-8/h8H,3-5,12H2,1-2H3,(H,16,18)(H2,13,14,15,17). The van der Waals surface area contributed by atoms with Crippen molar-refractivity contribution in [1.82, 2.24) is 15.3 Å². The van der Waals surface area contributed by atoms with Gasteiger partial charge in [-0.15, -0.1) is 0 Å². The van der Waals surface area contributed by atoms with E-state index in [1.807, 2.05) is 6.92 Å². The fourth-order valence-corrected chi connectivity index (χ4v) is 1.61. The zero-order chi connectivity index (χ0) is 13.1. The molecule has 1 aromatic heterocycles. The average Bonchev–Trinajstić information content (AvgIpc) is 3.13. The first-order valence-corrected chi connectivity index (χ1v) is 5.95. The normalized spacial score (nSPS) is 14.2. The molecule has 7 heteroatoms. The molecule has 1 aliphatic carbocycles. The summed E-state index contributed by atoms with van der Waals surface area (Å²) in [5, 5.41) is 5.90. The summed E-state index contributed by atoms with van der Waals surface area (Å²) in [5.41, 5.74) is 3.31. The average molecular weight is 250 g/mol. The van der Waals surface area contributed by atoms with E-state index in [9.17, 15) is 4.79 Å². The molecule has 1 saturated carbocycles. The number of aromatic nitrogens is 2. The summed E-state index contributed by atoms with van der Waals surface area (Å²) >= 11 is 0. The lowest BCUT2D eigenvalue weighted by atomic mass is 10.3. The third kappa shape index (κ3) is 3.07. The maximum absolute atomic E-state index is 11.6. The summed E-state index contributed by atoms with van der Waals surface area (Å²) in [4.78, 5) is 20.0. The van der Waals surface area contributed by atoms with Gasteiger partial charge >= 0.3 is 0 Å². The molecule has 0 saturated heterocycles. The van der Waals surface area contributed by atoms with Crippen molar-refractivity contribution >= 4 is 17.5 Å². The number of nitrogens with one attached hydrogen (secondary N) is 3. The Kier molecular flexibility index (Phi) is 3.61. The highest BCUT2D eigenvalue weighted by atomic mass is 16.2. The van der Waals surface area contributed by atoms with Gasteiger partial charge in [0.2, 0.25) is 5.91 Å². The van der Waals surface area contributed by atoms with E-state index < -0.39 is 0 Å². The van der Waals surface area contributed by atoms with Crippen LogP contribution in [0.5, 0.6) is 0 Å². The number of nitrogens with two attached hydrogens (primary N) is 1. The smallest absolute Gasteiger partial charge is 0.239 e. The van der Waals surface area contributed by atoms with Crippen molar-refractivity contribution in [3.05, 3.63) is 11.4 Å². The Morgan fingerprint density at radius 2 is 2.00 bits per heavy atom. The minimum absolute atomic E-state index is 0.0181. The molecule has 1 amide bonds. The number of carbonyl (C=O) groups is 1. The van der Waals surface area contributed by atoms with Crippen LogP contribution in [0.15, 0.2) is 0 Å². The van der Waals surface area contributed by atoms with E-state index >= 15 is 0 Å². The Morgan fingerprint density at radius 3 is 2.61 bits per heavy atom. The first kappa shape index (κ1) is 12.6. The van der Waals surface area contributed by atoms with Crippen molar-refractivity contribution in [2.24, 2.45) is 5.84 Å². The maximum atomic E-state index is 11.6. The van der Waals surface area contributed by atoms with Crippen molar-refractivity contribution in [3.8, 4) is 0 Å². The summed E-state index contributed by atoms with van der Waals surface area (Å²) < 4.78 is 0. The fourth-order valence-electron chi connectivity index (χ4n) is 1.61. The zero-order valence-corrected chi connectivity index (χ0v) is 10.6. The summed E-state index contributed by atoms with van der Waals surface area (Å²) in [7, 11) is 0. The number of rotatable bonds is 5. The van der Waals surface area contributed by atoms with Crippen LogP contribution in [-0.2, 0) is 4.79 Å². The van der Waals surface area contributed by atoms with Crippen LogP contribution in [-0.4, -0.2) is 28.5 Å². The number of hydrazine groups is 1. The Morgan fingerprint density at radius 1 is 1.33 bits per heavy atom. The Labute approximate surface area is 106 Å². The van der Waals surface area contributed by atoms with Gasteiger partial charge in [0, 0.05) is 11.6 Å². The van der Waals surface area contributed by atoms with Gasteiger partial charge in [-0.1, -0.05) is 0 Å². The van der Waals surface area contributed by atoms with E-state index in [0.717, 1.165) is 18.4 Å². The highest BCUT2D eigenvalue weighted by molar-refractivity contribution is 5.81. The van der Waals surface area contributed by atoms with E-state index in [1.165, 1.54) is 0 Å². The maximum Gasteiger partial charge on any atom is 0.239 e. The molecule has 7 nitrogen and oxygen atoms in total. The van der Waals surface area contributed by atoms with Crippen molar-refractivity contribution in [2.45, 2.75) is 32.7 Å². The van der Waals surface area contributed by atoms with Crippen LogP contribution in [0.3, 0.4) is 0 Å². The SMILES string of the molecule is Cc1nc(NN)c(C)c(NCC(=O)NC2CC2)n1. The van der Waals surface area contributed by atoms with Crippen LogP contribution < -0.4 is 21.9 Å². The number of aryl methyl sites for hydroxylation is 1. The van der Waals surface area contributed by atoms with Gasteiger partial charge in [-0.3, -0.25) is 4.79 Å². The Bertz CT molecular complexity index is 457. The molecule has 0 unspecified atom stereocenters. The highest BCUT2D eigenvalue weighted by Crippen LogP contribution is 2.19. The predicted molar refractivity (Wildman–Crippen MR) is 69.0 cm³/mol. The third-order valence-corrected chi connectivity index (χ3v) is 2.75. The third-order valence-electron chi connectivity index (χ3n) is 2.75. The van der Waals surface area contributed by atoms with Crippen LogP contribution in [0.2, 0.25) is 0 Å². The molecule has 1 fully saturated rings. The molecule has 2 rings (SSSR count). The van der Waals surface area contributed by atoms with Gasteiger partial charge in [0.1, 0.15) is 17.5 Å². The van der Waals surface area contributed by atoms with Crippen LogP contribution in [0.25, 0.3) is 0 Å². The minimum atomic E-state index is -0.0181. The lowest BCUT2D eigenvalue weighted by Crippen LogP contribution is -2.31. The number of hydrogen-bond donors (Lipinski definition) is 4. The van der Waals surface area contributed by atoms with Crippen molar-refractivity contribution in [2.75, 3.05) is 17.3 Å². The van der Waals surface area contributed by atoms with Gasteiger partial charge in [0.25, 0.3) is 0 Å². The van der Waals surface area contributed by atoms with Gasteiger partial charge in [0.05, 0.1) is 6.54 Å². The summed E-state index contributed by atoms with van der Waals surface area (Å²) in [6.45, 7) is 3.82. The highest BCUT2D eigenvalue weighted by Gasteiger charge is 2.23. The number of hydrogen-bond acceptors (Lipinski definition) is 6. The number of amides is 1. The molecule has 1 aromatic rings. The van der Waals surface area contributed by atoms with Gasteiger partial charge < -0.3 is 16.1 Å². The fraction of sp³-hybridized carbons (Fsp3) is 0.545. The molecule has 0 bridgehead atoms. The summed E-state index contributed by atoms with van der Waals surface area (Å²) in [6.07, 6.45) is 2.16. The van der Waals surface area contributed by atoms with Crippen LogP contribution in [0.4, 0.5) is 11.6 Å². The molecule has 5 N–H and O–H groups in total. The Balaban J connectivity index is 1.99. The quantitative estimate of drug-likeness (QED) is 0.435. The van der Waals surface area contributed by atoms with Crippen LogP contribution in [0.1, 0.15) is 24.2 Å².